The van der Waals surface area contributed by atoms with Crippen molar-refractivity contribution in [1.29, 1.82) is 0 Å². The summed E-state index contributed by atoms with van der Waals surface area (Å²) in [4.78, 5) is 22.5. The van der Waals surface area contributed by atoms with Gasteiger partial charge in [-0.05, 0) is 27.2 Å². The first kappa shape index (κ1) is 13.6. The maximum Gasteiger partial charge on any atom is 0.225 e. The quantitative estimate of drug-likeness (QED) is 0.844. The van der Waals surface area contributed by atoms with Crippen LogP contribution in [0.2, 0.25) is 0 Å². The first-order valence-corrected chi connectivity index (χ1v) is 6.45. The minimum Gasteiger partial charge on any atom is -0.373 e. The molecular formula is C13H21N5O. The monoisotopic (exact) mass is 263 g/mol. The van der Waals surface area contributed by atoms with E-state index in [0.29, 0.717) is 6.54 Å². The van der Waals surface area contributed by atoms with Crippen LogP contribution in [0.15, 0.2) is 0 Å². The summed E-state index contributed by atoms with van der Waals surface area (Å²) in [5.74, 6) is 2.20. The first-order chi connectivity index (χ1) is 8.87. The van der Waals surface area contributed by atoms with Crippen molar-refractivity contribution in [3.63, 3.8) is 0 Å². The van der Waals surface area contributed by atoms with Gasteiger partial charge in [0.05, 0.1) is 5.41 Å². The van der Waals surface area contributed by atoms with Crippen molar-refractivity contribution < 1.29 is 4.79 Å². The normalized spacial score (nSPS) is 22.6. The molecule has 2 heterocycles. The Morgan fingerprint density at radius 3 is 2.63 bits per heavy atom. The third-order valence-corrected chi connectivity index (χ3v) is 3.84. The van der Waals surface area contributed by atoms with Crippen LogP contribution in [0.25, 0.3) is 0 Å². The molecule has 3 N–H and O–H groups in total. The second-order valence-corrected chi connectivity index (χ2v) is 5.41. The highest BCUT2D eigenvalue weighted by Gasteiger charge is 2.39. The topological polar surface area (TPSA) is 84.1 Å². The average molecular weight is 263 g/mol. The summed E-state index contributed by atoms with van der Waals surface area (Å²) in [6.07, 6.45) is 0.764. The molecule has 19 heavy (non-hydrogen) atoms. The number of nitrogens with two attached hydrogens (primary N) is 1. The van der Waals surface area contributed by atoms with Crippen LogP contribution in [0.3, 0.4) is 0 Å². The van der Waals surface area contributed by atoms with Gasteiger partial charge in [-0.15, -0.1) is 0 Å². The van der Waals surface area contributed by atoms with Crippen molar-refractivity contribution >= 4 is 17.5 Å². The fourth-order valence-electron chi connectivity index (χ4n) is 2.51. The van der Waals surface area contributed by atoms with E-state index in [9.17, 15) is 4.79 Å². The predicted molar refractivity (Wildman–Crippen MR) is 75.2 cm³/mol. The van der Waals surface area contributed by atoms with Gasteiger partial charge >= 0.3 is 0 Å². The van der Waals surface area contributed by atoms with E-state index in [1.165, 1.54) is 0 Å². The summed E-state index contributed by atoms with van der Waals surface area (Å²) >= 11 is 0. The number of nitrogens with one attached hydrogen (secondary N) is 1. The van der Waals surface area contributed by atoms with Crippen molar-refractivity contribution in [3.8, 4) is 0 Å². The number of anilines is 2. The van der Waals surface area contributed by atoms with Crippen molar-refractivity contribution in [1.82, 2.24) is 9.97 Å². The number of aryl methyl sites for hydroxylation is 1. The van der Waals surface area contributed by atoms with Crippen LogP contribution in [-0.2, 0) is 4.79 Å². The van der Waals surface area contributed by atoms with Gasteiger partial charge in [-0.25, -0.2) is 9.97 Å². The highest BCUT2D eigenvalue weighted by molar-refractivity contribution is 5.82. The molecule has 0 saturated carbocycles. The Labute approximate surface area is 113 Å². The van der Waals surface area contributed by atoms with Crippen LogP contribution in [0, 0.1) is 19.3 Å². The molecule has 1 fully saturated rings. The number of rotatable bonds is 3. The molecule has 0 bridgehead atoms. The van der Waals surface area contributed by atoms with E-state index in [4.69, 9.17) is 5.73 Å². The van der Waals surface area contributed by atoms with E-state index in [1.807, 2.05) is 27.8 Å². The third-order valence-electron chi connectivity index (χ3n) is 3.84. The molecule has 0 aromatic carbocycles. The molecule has 0 radical (unpaired) electrons. The highest BCUT2D eigenvalue weighted by Crippen LogP contribution is 2.34. The summed E-state index contributed by atoms with van der Waals surface area (Å²) in [5, 5.41) is 3.07. The second kappa shape index (κ2) is 4.68. The standard InChI is InChI=1S/C13H21N5O/c1-8-10(15-4)16-9(2)17-11(8)18-6-5-13(3,7-18)12(14)19/h5-7H2,1-4H3,(H2,14,19)(H,15,16,17). The van der Waals surface area contributed by atoms with E-state index < -0.39 is 5.41 Å². The van der Waals surface area contributed by atoms with Crippen LogP contribution >= 0.6 is 0 Å². The molecule has 1 atom stereocenters. The molecule has 1 aliphatic rings. The predicted octanol–water partition coefficient (Wildman–Crippen LogP) is 0.837. The number of nitrogens with zero attached hydrogens (tertiary/aromatic N) is 3. The zero-order valence-electron chi connectivity index (χ0n) is 11.9. The van der Waals surface area contributed by atoms with Crippen molar-refractivity contribution in [2.24, 2.45) is 11.1 Å². The molecular weight excluding hydrogens is 242 g/mol. The largest absolute Gasteiger partial charge is 0.373 e. The van der Waals surface area contributed by atoms with Crippen LogP contribution in [0.5, 0.6) is 0 Å². The van der Waals surface area contributed by atoms with Gasteiger partial charge in [0.1, 0.15) is 17.5 Å². The molecule has 1 amide bonds. The number of amides is 1. The van der Waals surface area contributed by atoms with Gasteiger partial charge < -0.3 is 16.0 Å². The van der Waals surface area contributed by atoms with Crippen molar-refractivity contribution in [3.05, 3.63) is 11.4 Å². The molecule has 1 saturated heterocycles. The van der Waals surface area contributed by atoms with Crippen molar-refractivity contribution in [2.45, 2.75) is 27.2 Å². The zero-order chi connectivity index (χ0) is 14.2. The molecule has 1 unspecified atom stereocenters. The lowest BCUT2D eigenvalue weighted by Crippen LogP contribution is -2.37. The van der Waals surface area contributed by atoms with E-state index in [2.05, 4.69) is 20.2 Å². The lowest BCUT2D eigenvalue weighted by molar-refractivity contribution is -0.125. The van der Waals surface area contributed by atoms with Gasteiger partial charge in [0.2, 0.25) is 5.91 Å². The minimum absolute atomic E-state index is 0.243. The maximum atomic E-state index is 11.5. The maximum absolute atomic E-state index is 11.5. The van der Waals surface area contributed by atoms with Crippen LogP contribution in [0.1, 0.15) is 24.7 Å². The molecule has 6 nitrogen and oxygen atoms in total. The van der Waals surface area contributed by atoms with Gasteiger partial charge in [0.25, 0.3) is 0 Å². The highest BCUT2D eigenvalue weighted by atomic mass is 16.1. The molecule has 6 heteroatoms. The summed E-state index contributed by atoms with van der Waals surface area (Å²) in [7, 11) is 1.84. The Balaban J connectivity index is 2.34. The zero-order valence-corrected chi connectivity index (χ0v) is 11.9. The summed E-state index contributed by atoms with van der Waals surface area (Å²) in [6, 6.07) is 0. The Bertz CT molecular complexity index is 516. The molecule has 0 aliphatic carbocycles. The number of carbonyl (C=O) groups excluding carboxylic acids is 1. The molecule has 1 aromatic heterocycles. The molecule has 1 aromatic rings. The van der Waals surface area contributed by atoms with Crippen LogP contribution < -0.4 is 16.0 Å². The Morgan fingerprint density at radius 1 is 1.42 bits per heavy atom. The molecule has 2 rings (SSSR count). The van der Waals surface area contributed by atoms with Gasteiger partial charge in [-0.3, -0.25) is 4.79 Å². The smallest absolute Gasteiger partial charge is 0.225 e. The second-order valence-electron chi connectivity index (χ2n) is 5.41. The minimum atomic E-state index is -0.467. The molecule has 104 valence electrons. The number of hydrogen-bond acceptors (Lipinski definition) is 5. The summed E-state index contributed by atoms with van der Waals surface area (Å²) in [6.45, 7) is 7.17. The van der Waals surface area contributed by atoms with Gasteiger partial charge in [0.15, 0.2) is 0 Å². The van der Waals surface area contributed by atoms with Gasteiger partial charge in [0, 0.05) is 25.7 Å². The number of carbonyl (C=O) groups is 1. The lowest BCUT2D eigenvalue weighted by atomic mass is 9.89. The fourth-order valence-corrected chi connectivity index (χ4v) is 2.51. The Hall–Kier alpha value is -1.85. The number of aromatic nitrogens is 2. The van der Waals surface area contributed by atoms with E-state index >= 15 is 0 Å². The lowest BCUT2D eigenvalue weighted by Gasteiger charge is -2.24. The SMILES string of the molecule is CNc1nc(C)nc(N2CCC(C)(C(N)=O)C2)c1C. The van der Waals surface area contributed by atoms with Crippen LogP contribution in [0.4, 0.5) is 11.6 Å². The summed E-state index contributed by atoms with van der Waals surface area (Å²) in [5.41, 5.74) is 6.02. The molecule has 0 spiro atoms. The number of primary amides is 1. The first-order valence-electron chi connectivity index (χ1n) is 6.45. The van der Waals surface area contributed by atoms with E-state index in [1.54, 1.807) is 0 Å². The van der Waals surface area contributed by atoms with E-state index in [0.717, 1.165) is 36.0 Å². The summed E-state index contributed by atoms with van der Waals surface area (Å²) < 4.78 is 0. The molecule has 1 aliphatic heterocycles. The Morgan fingerprint density at radius 2 is 2.11 bits per heavy atom. The third kappa shape index (κ3) is 2.34. The van der Waals surface area contributed by atoms with E-state index in [-0.39, 0.29) is 5.91 Å². The fraction of sp³-hybridized carbons (Fsp3) is 0.615. The average Bonchev–Trinajstić information content (AvgIpc) is 2.75. The van der Waals surface area contributed by atoms with Gasteiger partial charge in [-0.1, -0.05) is 0 Å². The number of hydrogen-bond donors (Lipinski definition) is 2. The van der Waals surface area contributed by atoms with Crippen molar-refractivity contribution in [2.75, 3.05) is 30.4 Å². The Kier molecular flexibility index (Phi) is 3.34. The van der Waals surface area contributed by atoms with Crippen LogP contribution in [-0.4, -0.2) is 36.0 Å². The van der Waals surface area contributed by atoms with Gasteiger partial charge in [-0.2, -0.15) is 0 Å².